The molecule has 0 aromatic rings. The van der Waals surface area contributed by atoms with Crippen molar-refractivity contribution in [2.24, 2.45) is 11.1 Å². The molecule has 76 valence electrons. The first-order chi connectivity index (χ1) is 5.96. The van der Waals surface area contributed by atoms with E-state index < -0.39 is 0 Å². The number of nitrogens with two attached hydrogens (primary N) is 1. The number of ketones is 1. The highest BCUT2D eigenvalue weighted by Crippen LogP contribution is 2.23. The maximum Gasteiger partial charge on any atom is 0.140 e. The maximum atomic E-state index is 11.7. The lowest BCUT2D eigenvalue weighted by Crippen LogP contribution is -2.35. The van der Waals surface area contributed by atoms with Crippen LogP contribution < -0.4 is 5.73 Å². The molecule has 0 bridgehead atoms. The molecule has 13 heavy (non-hydrogen) atoms. The fourth-order valence-electron chi connectivity index (χ4n) is 1.08. The number of rotatable bonds is 6. The van der Waals surface area contributed by atoms with Crippen molar-refractivity contribution in [2.75, 3.05) is 6.54 Å². The lowest BCUT2D eigenvalue weighted by molar-refractivity contribution is -0.127. The third-order valence-corrected chi connectivity index (χ3v) is 2.68. The van der Waals surface area contributed by atoms with Crippen LogP contribution in [0.15, 0.2) is 12.2 Å². The van der Waals surface area contributed by atoms with Gasteiger partial charge in [-0.1, -0.05) is 19.4 Å². The Labute approximate surface area is 81.2 Å². The third-order valence-electron chi connectivity index (χ3n) is 2.68. The second-order valence-electron chi connectivity index (χ2n) is 4.00. The number of Topliss-reactive ketones (excluding diaryl/α,β-unsaturated/α-hetero) is 1. The number of carbonyl (C=O) groups is 1. The molecule has 0 aromatic carbocycles. The normalized spacial score (nSPS) is 15.1. The highest BCUT2D eigenvalue weighted by Gasteiger charge is 2.28. The van der Waals surface area contributed by atoms with Gasteiger partial charge >= 0.3 is 0 Å². The Kier molecular flexibility index (Phi) is 4.92. The lowest BCUT2D eigenvalue weighted by atomic mass is 9.81. The van der Waals surface area contributed by atoms with Crippen molar-refractivity contribution in [3.8, 4) is 0 Å². The van der Waals surface area contributed by atoms with E-state index in [1.165, 1.54) is 0 Å². The Balaban J connectivity index is 4.15. The monoisotopic (exact) mass is 183 g/mol. The number of hydrogen-bond acceptors (Lipinski definition) is 2. The zero-order valence-electron chi connectivity index (χ0n) is 9.02. The molecule has 0 aromatic heterocycles. The van der Waals surface area contributed by atoms with Gasteiger partial charge in [-0.3, -0.25) is 4.79 Å². The first-order valence-electron chi connectivity index (χ1n) is 4.84. The van der Waals surface area contributed by atoms with E-state index in [4.69, 9.17) is 5.73 Å². The first kappa shape index (κ1) is 12.4. The molecule has 0 amide bonds. The first-order valence-corrected chi connectivity index (χ1v) is 4.84. The molecule has 2 heteroatoms. The molecule has 2 nitrogen and oxygen atoms in total. The van der Waals surface area contributed by atoms with Crippen molar-refractivity contribution in [1.29, 1.82) is 0 Å². The van der Waals surface area contributed by atoms with E-state index >= 15 is 0 Å². The Hall–Kier alpha value is -0.630. The summed E-state index contributed by atoms with van der Waals surface area (Å²) in [7, 11) is 0. The molecule has 0 radical (unpaired) electrons. The summed E-state index contributed by atoms with van der Waals surface area (Å²) in [6, 6.07) is 0. The van der Waals surface area contributed by atoms with Gasteiger partial charge in [0, 0.05) is 18.4 Å². The Morgan fingerprint density at radius 2 is 2.00 bits per heavy atom. The van der Waals surface area contributed by atoms with Crippen LogP contribution in [0, 0.1) is 5.41 Å². The van der Waals surface area contributed by atoms with Crippen LogP contribution in [0.1, 0.15) is 40.0 Å². The summed E-state index contributed by atoms with van der Waals surface area (Å²) in [5, 5.41) is 0. The van der Waals surface area contributed by atoms with Crippen LogP contribution in [0.3, 0.4) is 0 Å². The predicted octanol–water partition coefficient (Wildman–Crippen LogP) is 2.29. The molecule has 0 aliphatic rings. The van der Waals surface area contributed by atoms with Crippen molar-refractivity contribution in [3.63, 3.8) is 0 Å². The molecule has 0 saturated carbocycles. The van der Waals surface area contributed by atoms with Crippen LogP contribution in [-0.4, -0.2) is 12.3 Å². The van der Waals surface area contributed by atoms with E-state index in [0.29, 0.717) is 13.0 Å². The fraction of sp³-hybridized carbons (Fsp3) is 0.727. The van der Waals surface area contributed by atoms with Gasteiger partial charge in [0.15, 0.2) is 0 Å². The summed E-state index contributed by atoms with van der Waals surface area (Å²) >= 11 is 0. The minimum absolute atomic E-state index is 0.264. The van der Waals surface area contributed by atoms with Gasteiger partial charge in [0.2, 0.25) is 0 Å². The Bertz CT molecular complexity index is 192. The number of carbonyl (C=O) groups excluding carboxylic acids is 1. The Morgan fingerprint density at radius 1 is 1.46 bits per heavy atom. The molecule has 0 spiro atoms. The second-order valence-corrected chi connectivity index (χ2v) is 4.00. The Morgan fingerprint density at radius 3 is 2.31 bits per heavy atom. The highest BCUT2D eigenvalue weighted by atomic mass is 16.1. The van der Waals surface area contributed by atoms with E-state index in [0.717, 1.165) is 18.4 Å². The number of hydrogen-bond donors (Lipinski definition) is 1. The fourth-order valence-corrected chi connectivity index (χ4v) is 1.08. The largest absolute Gasteiger partial charge is 0.329 e. The van der Waals surface area contributed by atoms with Crippen LogP contribution >= 0.6 is 0 Å². The van der Waals surface area contributed by atoms with Crippen LogP contribution in [-0.2, 0) is 4.79 Å². The predicted molar refractivity (Wildman–Crippen MR) is 56.5 cm³/mol. The maximum absolute atomic E-state index is 11.7. The van der Waals surface area contributed by atoms with Crippen LogP contribution in [0.2, 0.25) is 0 Å². The van der Waals surface area contributed by atoms with Crippen molar-refractivity contribution < 1.29 is 4.79 Å². The topological polar surface area (TPSA) is 43.1 Å². The highest BCUT2D eigenvalue weighted by molar-refractivity contribution is 5.84. The summed E-state index contributed by atoms with van der Waals surface area (Å²) in [5.74, 6) is 0.264. The van der Waals surface area contributed by atoms with E-state index in [1.54, 1.807) is 0 Å². The van der Waals surface area contributed by atoms with E-state index in [-0.39, 0.29) is 11.2 Å². The minimum atomic E-state index is -0.324. The van der Waals surface area contributed by atoms with Gasteiger partial charge in [0.05, 0.1) is 0 Å². The third kappa shape index (κ3) is 3.73. The minimum Gasteiger partial charge on any atom is -0.329 e. The van der Waals surface area contributed by atoms with Gasteiger partial charge in [0.25, 0.3) is 0 Å². The van der Waals surface area contributed by atoms with Crippen LogP contribution in [0.25, 0.3) is 0 Å². The lowest BCUT2D eigenvalue weighted by Gasteiger charge is -2.24. The van der Waals surface area contributed by atoms with Gasteiger partial charge in [0.1, 0.15) is 5.78 Å². The number of allylic oxidation sites excluding steroid dienone is 1. The summed E-state index contributed by atoms with van der Waals surface area (Å²) in [6.07, 6.45) is 2.18. The summed E-state index contributed by atoms with van der Waals surface area (Å²) in [4.78, 5) is 11.7. The summed E-state index contributed by atoms with van der Waals surface area (Å²) in [5.41, 5.74) is 6.32. The van der Waals surface area contributed by atoms with E-state index in [1.807, 2.05) is 20.8 Å². The van der Waals surface area contributed by atoms with E-state index in [2.05, 4.69) is 6.58 Å². The van der Waals surface area contributed by atoms with Crippen LogP contribution in [0.5, 0.6) is 0 Å². The van der Waals surface area contributed by atoms with Crippen molar-refractivity contribution in [3.05, 3.63) is 12.2 Å². The molecule has 0 aliphatic carbocycles. The van der Waals surface area contributed by atoms with Gasteiger partial charge in [-0.15, -0.1) is 6.58 Å². The average Bonchev–Trinajstić information content (AvgIpc) is 2.12. The molecule has 0 heterocycles. The average molecular weight is 183 g/mol. The summed E-state index contributed by atoms with van der Waals surface area (Å²) in [6.45, 7) is 10.1. The molecule has 0 fully saturated rings. The molecular formula is C11H21NO. The molecule has 1 atom stereocenters. The molecule has 1 unspecified atom stereocenters. The molecule has 0 rings (SSSR count). The molecular weight excluding hydrogens is 162 g/mol. The SMILES string of the molecule is C=C(C)CCC(=O)C(C)(CC)CN. The second kappa shape index (κ2) is 5.18. The van der Waals surface area contributed by atoms with Gasteiger partial charge < -0.3 is 5.73 Å². The summed E-state index contributed by atoms with van der Waals surface area (Å²) < 4.78 is 0. The van der Waals surface area contributed by atoms with Crippen LogP contribution in [0.4, 0.5) is 0 Å². The molecule has 0 saturated heterocycles. The van der Waals surface area contributed by atoms with Gasteiger partial charge in [-0.25, -0.2) is 0 Å². The van der Waals surface area contributed by atoms with Crippen molar-refractivity contribution in [1.82, 2.24) is 0 Å². The van der Waals surface area contributed by atoms with Crippen molar-refractivity contribution in [2.45, 2.75) is 40.0 Å². The molecule has 0 aliphatic heterocycles. The van der Waals surface area contributed by atoms with Gasteiger partial charge in [-0.05, 0) is 19.8 Å². The van der Waals surface area contributed by atoms with Gasteiger partial charge in [-0.2, -0.15) is 0 Å². The zero-order chi connectivity index (χ0) is 10.5. The molecule has 2 N–H and O–H groups in total. The standard InChI is InChI=1S/C11H21NO/c1-5-11(4,8-12)10(13)7-6-9(2)3/h2,5-8,12H2,1,3-4H3. The zero-order valence-corrected chi connectivity index (χ0v) is 9.02. The van der Waals surface area contributed by atoms with Crippen molar-refractivity contribution >= 4 is 5.78 Å². The quantitative estimate of drug-likeness (QED) is 0.642. The smallest absolute Gasteiger partial charge is 0.140 e. The van der Waals surface area contributed by atoms with E-state index in [9.17, 15) is 4.79 Å².